The minimum atomic E-state index is -0.213. The van der Waals surface area contributed by atoms with Crippen LogP contribution in [-0.4, -0.2) is 16.1 Å². The zero-order valence-electron chi connectivity index (χ0n) is 11.4. The number of anilines is 1. The molecule has 3 rings (SSSR count). The highest BCUT2D eigenvalue weighted by molar-refractivity contribution is 5.90. The minimum absolute atomic E-state index is 0.0547. The molecule has 0 saturated heterocycles. The summed E-state index contributed by atoms with van der Waals surface area (Å²) in [5, 5.41) is 10.1. The molecule has 0 bridgehead atoms. The third-order valence-electron chi connectivity index (χ3n) is 2.85. The van der Waals surface area contributed by atoms with Crippen molar-refractivity contribution in [3.05, 3.63) is 53.8 Å². The van der Waals surface area contributed by atoms with Gasteiger partial charge in [0.05, 0.1) is 12.7 Å². The van der Waals surface area contributed by atoms with E-state index in [0.29, 0.717) is 5.76 Å². The monoisotopic (exact) mass is 283 g/mol. The molecule has 0 aliphatic carbocycles. The summed E-state index contributed by atoms with van der Waals surface area (Å²) < 4.78 is 10.4. The lowest BCUT2D eigenvalue weighted by Gasteiger charge is -2.02. The molecule has 2 aromatic heterocycles. The summed E-state index contributed by atoms with van der Waals surface area (Å²) >= 11 is 0. The predicted octanol–water partition coefficient (Wildman–Crippen LogP) is 2.82. The molecule has 0 aliphatic heterocycles. The molecular weight excluding hydrogens is 270 g/mol. The number of carbonyl (C=O) groups is 1. The molecule has 0 radical (unpaired) electrons. The van der Waals surface area contributed by atoms with Gasteiger partial charge in [0.1, 0.15) is 0 Å². The van der Waals surface area contributed by atoms with Gasteiger partial charge in [0.25, 0.3) is 5.89 Å². The summed E-state index contributed by atoms with van der Waals surface area (Å²) in [6.07, 6.45) is 1.76. The van der Waals surface area contributed by atoms with Gasteiger partial charge in [-0.1, -0.05) is 34.9 Å². The SMILES string of the molecule is Cc1cccc(CC(=O)Nc2nnc(-c3ccco3)o2)c1. The zero-order chi connectivity index (χ0) is 14.7. The van der Waals surface area contributed by atoms with Crippen LogP contribution in [0.2, 0.25) is 0 Å². The Bertz CT molecular complexity index is 747. The number of aromatic nitrogens is 2. The van der Waals surface area contributed by atoms with E-state index in [4.69, 9.17) is 8.83 Å². The fraction of sp³-hybridized carbons (Fsp3) is 0.133. The van der Waals surface area contributed by atoms with Crippen LogP contribution in [0.4, 0.5) is 6.01 Å². The van der Waals surface area contributed by atoms with Crippen molar-refractivity contribution in [1.82, 2.24) is 10.2 Å². The van der Waals surface area contributed by atoms with Gasteiger partial charge < -0.3 is 8.83 Å². The average Bonchev–Trinajstić information content (AvgIpc) is 3.08. The lowest BCUT2D eigenvalue weighted by Crippen LogP contribution is -2.14. The molecule has 0 aliphatic rings. The smallest absolute Gasteiger partial charge is 0.322 e. The van der Waals surface area contributed by atoms with Crippen LogP contribution < -0.4 is 5.32 Å². The fourth-order valence-electron chi connectivity index (χ4n) is 1.94. The first-order chi connectivity index (χ1) is 10.2. The van der Waals surface area contributed by atoms with Gasteiger partial charge in [-0.2, -0.15) is 0 Å². The largest absolute Gasteiger partial charge is 0.459 e. The number of carbonyl (C=O) groups excluding carboxylic acids is 1. The number of benzene rings is 1. The Morgan fingerprint density at radius 1 is 1.24 bits per heavy atom. The first-order valence-electron chi connectivity index (χ1n) is 6.43. The van der Waals surface area contributed by atoms with E-state index in [1.165, 1.54) is 6.26 Å². The van der Waals surface area contributed by atoms with Crippen LogP contribution in [0.15, 0.2) is 51.5 Å². The molecule has 0 spiro atoms. The van der Waals surface area contributed by atoms with Crippen LogP contribution in [-0.2, 0) is 11.2 Å². The molecule has 3 aromatic rings. The van der Waals surface area contributed by atoms with Crippen LogP contribution in [0.3, 0.4) is 0 Å². The molecule has 21 heavy (non-hydrogen) atoms. The maximum atomic E-state index is 11.9. The highest BCUT2D eigenvalue weighted by Gasteiger charge is 2.13. The molecule has 1 amide bonds. The average molecular weight is 283 g/mol. The number of furan rings is 1. The highest BCUT2D eigenvalue weighted by atomic mass is 16.4. The van der Waals surface area contributed by atoms with Crippen molar-refractivity contribution in [2.75, 3.05) is 5.32 Å². The van der Waals surface area contributed by atoms with Crippen molar-refractivity contribution in [2.24, 2.45) is 0 Å². The van der Waals surface area contributed by atoms with Crippen molar-refractivity contribution in [3.8, 4) is 11.7 Å². The maximum Gasteiger partial charge on any atom is 0.322 e. The number of rotatable bonds is 4. The van der Waals surface area contributed by atoms with Crippen molar-refractivity contribution < 1.29 is 13.6 Å². The Morgan fingerprint density at radius 3 is 2.90 bits per heavy atom. The van der Waals surface area contributed by atoms with E-state index in [2.05, 4.69) is 15.5 Å². The Hall–Kier alpha value is -2.89. The zero-order valence-corrected chi connectivity index (χ0v) is 11.4. The fourth-order valence-corrected chi connectivity index (χ4v) is 1.94. The van der Waals surface area contributed by atoms with E-state index in [1.54, 1.807) is 12.1 Å². The number of aryl methyl sites for hydroxylation is 1. The minimum Gasteiger partial charge on any atom is -0.459 e. The number of hydrogen-bond acceptors (Lipinski definition) is 5. The van der Waals surface area contributed by atoms with Gasteiger partial charge in [-0.3, -0.25) is 10.1 Å². The predicted molar refractivity (Wildman–Crippen MR) is 75.5 cm³/mol. The Labute approximate surface area is 120 Å². The van der Waals surface area contributed by atoms with E-state index < -0.39 is 0 Å². The molecule has 0 unspecified atom stereocenters. The van der Waals surface area contributed by atoms with Crippen molar-refractivity contribution in [1.29, 1.82) is 0 Å². The van der Waals surface area contributed by atoms with Crippen LogP contribution >= 0.6 is 0 Å². The molecule has 1 N–H and O–H groups in total. The quantitative estimate of drug-likeness (QED) is 0.796. The van der Waals surface area contributed by atoms with Crippen LogP contribution in [0.5, 0.6) is 0 Å². The molecule has 2 heterocycles. The number of hydrogen-bond donors (Lipinski definition) is 1. The molecule has 0 fully saturated rings. The molecule has 0 saturated carbocycles. The number of nitrogens with one attached hydrogen (secondary N) is 1. The lowest BCUT2D eigenvalue weighted by molar-refractivity contribution is -0.115. The normalized spacial score (nSPS) is 10.5. The first-order valence-corrected chi connectivity index (χ1v) is 6.43. The van der Waals surface area contributed by atoms with E-state index in [-0.39, 0.29) is 24.2 Å². The van der Waals surface area contributed by atoms with Crippen LogP contribution in [0, 0.1) is 6.92 Å². The summed E-state index contributed by atoms with van der Waals surface area (Å²) in [6, 6.07) is 11.2. The second-order valence-corrected chi connectivity index (χ2v) is 4.60. The van der Waals surface area contributed by atoms with Crippen molar-refractivity contribution in [3.63, 3.8) is 0 Å². The Kier molecular flexibility index (Phi) is 3.51. The van der Waals surface area contributed by atoms with Gasteiger partial charge >= 0.3 is 6.01 Å². The molecule has 0 atom stereocenters. The summed E-state index contributed by atoms with van der Waals surface area (Å²) in [5.74, 6) is 0.475. The van der Waals surface area contributed by atoms with E-state index in [9.17, 15) is 4.79 Å². The standard InChI is InChI=1S/C15H13N3O3/c1-10-4-2-5-11(8-10)9-13(19)16-15-18-17-14(21-15)12-6-3-7-20-12/h2-8H,9H2,1H3,(H,16,18,19). The second kappa shape index (κ2) is 5.62. The number of nitrogens with zero attached hydrogens (tertiary/aromatic N) is 2. The molecule has 106 valence electrons. The van der Waals surface area contributed by atoms with Crippen molar-refractivity contribution >= 4 is 11.9 Å². The molecule has 1 aromatic carbocycles. The Morgan fingerprint density at radius 2 is 2.14 bits per heavy atom. The maximum absolute atomic E-state index is 11.9. The number of amides is 1. The van der Waals surface area contributed by atoms with E-state index in [0.717, 1.165) is 11.1 Å². The second-order valence-electron chi connectivity index (χ2n) is 4.60. The van der Waals surface area contributed by atoms with Crippen LogP contribution in [0.1, 0.15) is 11.1 Å². The highest BCUT2D eigenvalue weighted by Crippen LogP contribution is 2.19. The van der Waals surface area contributed by atoms with E-state index in [1.807, 2.05) is 31.2 Å². The molecule has 6 heteroatoms. The van der Waals surface area contributed by atoms with Gasteiger partial charge in [0.15, 0.2) is 5.76 Å². The van der Waals surface area contributed by atoms with Gasteiger partial charge in [-0.05, 0) is 24.6 Å². The summed E-state index contributed by atoms with van der Waals surface area (Å²) in [7, 11) is 0. The summed E-state index contributed by atoms with van der Waals surface area (Å²) in [5.41, 5.74) is 2.04. The molecular formula is C15H13N3O3. The van der Waals surface area contributed by atoms with Gasteiger partial charge in [0, 0.05) is 0 Å². The third-order valence-corrected chi connectivity index (χ3v) is 2.85. The van der Waals surface area contributed by atoms with Crippen molar-refractivity contribution in [2.45, 2.75) is 13.3 Å². The lowest BCUT2D eigenvalue weighted by atomic mass is 10.1. The first kappa shape index (κ1) is 13.1. The summed E-state index contributed by atoms with van der Waals surface area (Å²) in [6.45, 7) is 1.98. The van der Waals surface area contributed by atoms with E-state index >= 15 is 0 Å². The third kappa shape index (κ3) is 3.17. The molecule has 6 nitrogen and oxygen atoms in total. The van der Waals surface area contributed by atoms with Gasteiger partial charge in [0.2, 0.25) is 5.91 Å². The van der Waals surface area contributed by atoms with Crippen LogP contribution in [0.25, 0.3) is 11.7 Å². The van der Waals surface area contributed by atoms with Gasteiger partial charge in [-0.15, -0.1) is 5.10 Å². The Balaban J connectivity index is 1.65. The summed E-state index contributed by atoms with van der Waals surface area (Å²) in [4.78, 5) is 11.9. The van der Waals surface area contributed by atoms with Gasteiger partial charge in [-0.25, -0.2) is 0 Å². The topological polar surface area (TPSA) is 81.2 Å².